The lowest BCUT2D eigenvalue weighted by Gasteiger charge is -2.09. The summed E-state index contributed by atoms with van der Waals surface area (Å²) in [5.74, 6) is 0.737. The predicted molar refractivity (Wildman–Crippen MR) is 65.1 cm³/mol. The molecule has 0 aliphatic rings. The summed E-state index contributed by atoms with van der Waals surface area (Å²) in [6.45, 7) is 3.66. The maximum absolute atomic E-state index is 5.61. The van der Waals surface area contributed by atoms with Crippen LogP contribution >= 0.6 is 15.9 Å². The summed E-state index contributed by atoms with van der Waals surface area (Å²) in [5.41, 5.74) is 1.09. The molecular weight excluding hydrogens is 256 g/mol. The van der Waals surface area contributed by atoms with Crippen molar-refractivity contribution in [1.82, 2.24) is 10.3 Å². The van der Waals surface area contributed by atoms with Gasteiger partial charge in [0.25, 0.3) is 0 Å². The first-order chi connectivity index (χ1) is 7.27. The number of hydrogen-bond acceptors (Lipinski definition) is 3. The summed E-state index contributed by atoms with van der Waals surface area (Å²) in [5, 5.41) is 3.10. The van der Waals surface area contributed by atoms with E-state index < -0.39 is 0 Å². The van der Waals surface area contributed by atoms with Crippen molar-refractivity contribution in [3.8, 4) is 5.88 Å². The Morgan fingerprint density at radius 1 is 1.53 bits per heavy atom. The molecule has 0 saturated heterocycles. The smallest absolute Gasteiger partial charge is 0.217 e. The van der Waals surface area contributed by atoms with E-state index in [1.54, 1.807) is 6.20 Å². The molecule has 1 heterocycles. The van der Waals surface area contributed by atoms with Crippen molar-refractivity contribution in [2.24, 2.45) is 0 Å². The van der Waals surface area contributed by atoms with Gasteiger partial charge in [0.2, 0.25) is 5.88 Å². The third kappa shape index (κ3) is 4.18. The zero-order valence-electron chi connectivity index (χ0n) is 9.22. The van der Waals surface area contributed by atoms with Gasteiger partial charge in [0.1, 0.15) is 0 Å². The third-order valence-electron chi connectivity index (χ3n) is 2.00. The molecule has 3 nitrogen and oxygen atoms in total. The number of ether oxygens (including phenoxy) is 1. The highest BCUT2D eigenvalue weighted by atomic mass is 79.9. The minimum Gasteiger partial charge on any atom is -0.477 e. The van der Waals surface area contributed by atoms with Crippen molar-refractivity contribution < 1.29 is 4.74 Å². The molecule has 1 aromatic rings. The highest BCUT2D eigenvalue weighted by molar-refractivity contribution is 9.10. The van der Waals surface area contributed by atoms with Crippen molar-refractivity contribution in [1.29, 1.82) is 0 Å². The summed E-state index contributed by atoms with van der Waals surface area (Å²) in [4.78, 5) is 4.26. The molecule has 0 bridgehead atoms. The lowest BCUT2D eigenvalue weighted by Crippen LogP contribution is -2.09. The van der Waals surface area contributed by atoms with E-state index in [1.165, 1.54) is 0 Å². The largest absolute Gasteiger partial charge is 0.477 e. The van der Waals surface area contributed by atoms with E-state index in [-0.39, 0.29) is 0 Å². The molecule has 0 unspecified atom stereocenters. The van der Waals surface area contributed by atoms with Gasteiger partial charge in [-0.15, -0.1) is 0 Å². The molecule has 15 heavy (non-hydrogen) atoms. The Hall–Kier alpha value is -0.610. The molecular formula is C11H17BrN2O. The van der Waals surface area contributed by atoms with Crippen molar-refractivity contribution in [3.05, 3.63) is 22.3 Å². The van der Waals surface area contributed by atoms with E-state index in [9.17, 15) is 0 Å². The topological polar surface area (TPSA) is 34.1 Å². The van der Waals surface area contributed by atoms with Crippen molar-refractivity contribution in [3.63, 3.8) is 0 Å². The van der Waals surface area contributed by atoms with Crippen LogP contribution in [0.3, 0.4) is 0 Å². The van der Waals surface area contributed by atoms with Crippen LogP contribution in [0.15, 0.2) is 16.7 Å². The van der Waals surface area contributed by atoms with Crippen molar-refractivity contribution in [2.45, 2.75) is 26.3 Å². The fraction of sp³-hybridized carbons (Fsp3) is 0.545. The number of aromatic nitrogens is 1. The molecule has 0 aliphatic heterocycles. The van der Waals surface area contributed by atoms with Gasteiger partial charge >= 0.3 is 0 Å². The number of rotatable bonds is 6. The maximum Gasteiger partial charge on any atom is 0.217 e. The van der Waals surface area contributed by atoms with Gasteiger partial charge in [0.15, 0.2) is 0 Å². The van der Waals surface area contributed by atoms with Crippen molar-refractivity contribution in [2.75, 3.05) is 13.7 Å². The van der Waals surface area contributed by atoms with Crippen LogP contribution in [0.2, 0.25) is 0 Å². The first kappa shape index (κ1) is 12.5. The van der Waals surface area contributed by atoms with E-state index in [0.29, 0.717) is 0 Å². The molecule has 1 aromatic heterocycles. The second-order valence-electron chi connectivity index (χ2n) is 3.35. The van der Waals surface area contributed by atoms with Gasteiger partial charge in [-0.2, -0.15) is 0 Å². The Bertz CT molecular complexity index is 305. The number of halogens is 1. The molecule has 84 valence electrons. The maximum atomic E-state index is 5.61. The number of nitrogens with one attached hydrogen (secondary N) is 1. The fourth-order valence-corrected chi connectivity index (χ4v) is 1.61. The fourth-order valence-electron chi connectivity index (χ4n) is 1.23. The minimum atomic E-state index is 0.737. The van der Waals surface area contributed by atoms with E-state index >= 15 is 0 Å². The monoisotopic (exact) mass is 272 g/mol. The summed E-state index contributed by atoms with van der Waals surface area (Å²) < 4.78 is 6.60. The lowest BCUT2D eigenvalue weighted by atomic mass is 10.2. The highest BCUT2D eigenvalue weighted by Crippen LogP contribution is 2.20. The first-order valence-electron chi connectivity index (χ1n) is 5.19. The van der Waals surface area contributed by atoms with Crippen LogP contribution in [-0.4, -0.2) is 18.6 Å². The van der Waals surface area contributed by atoms with Crippen LogP contribution in [0.25, 0.3) is 0 Å². The van der Waals surface area contributed by atoms with Gasteiger partial charge in [-0.25, -0.2) is 4.98 Å². The van der Waals surface area contributed by atoms with Gasteiger partial charge in [-0.3, -0.25) is 0 Å². The average Bonchev–Trinajstić information content (AvgIpc) is 2.22. The zero-order valence-corrected chi connectivity index (χ0v) is 10.8. The zero-order chi connectivity index (χ0) is 11.1. The first-order valence-corrected chi connectivity index (χ1v) is 5.99. The van der Waals surface area contributed by atoms with Gasteiger partial charge in [-0.05, 0) is 35.5 Å². The SMILES string of the molecule is CCCCOc1ncc(Br)cc1CNC. The van der Waals surface area contributed by atoms with Crippen LogP contribution in [0.1, 0.15) is 25.3 Å². The normalized spacial score (nSPS) is 10.3. The van der Waals surface area contributed by atoms with Crippen LogP contribution in [0.4, 0.5) is 0 Å². The van der Waals surface area contributed by atoms with Gasteiger partial charge in [0.05, 0.1) is 6.61 Å². The van der Waals surface area contributed by atoms with E-state index in [0.717, 1.165) is 41.9 Å². The molecule has 0 saturated carbocycles. The summed E-state index contributed by atoms with van der Waals surface area (Å²) in [6.07, 6.45) is 3.97. The molecule has 0 fully saturated rings. The van der Waals surface area contributed by atoms with E-state index in [1.807, 2.05) is 13.1 Å². The second-order valence-corrected chi connectivity index (χ2v) is 4.27. The number of unbranched alkanes of at least 4 members (excludes halogenated alkanes) is 1. The molecule has 0 aliphatic carbocycles. The highest BCUT2D eigenvalue weighted by Gasteiger charge is 2.05. The molecule has 0 radical (unpaired) electrons. The molecule has 1 N–H and O–H groups in total. The quantitative estimate of drug-likeness (QED) is 0.809. The molecule has 1 rings (SSSR count). The van der Waals surface area contributed by atoms with E-state index in [4.69, 9.17) is 4.74 Å². The van der Waals surface area contributed by atoms with Gasteiger partial charge in [-0.1, -0.05) is 13.3 Å². The second kappa shape index (κ2) is 6.80. The number of hydrogen-bond donors (Lipinski definition) is 1. The third-order valence-corrected chi connectivity index (χ3v) is 2.43. The van der Waals surface area contributed by atoms with E-state index in [2.05, 4.69) is 33.2 Å². The van der Waals surface area contributed by atoms with Crippen LogP contribution < -0.4 is 10.1 Å². The Labute approximate surface area is 99.4 Å². The van der Waals surface area contributed by atoms with Crippen molar-refractivity contribution >= 4 is 15.9 Å². The minimum absolute atomic E-state index is 0.737. The molecule has 0 atom stereocenters. The Balaban J connectivity index is 2.67. The molecule has 0 aromatic carbocycles. The molecule has 0 spiro atoms. The van der Waals surface area contributed by atoms with Crippen LogP contribution in [0.5, 0.6) is 5.88 Å². The Morgan fingerprint density at radius 3 is 3.00 bits per heavy atom. The Kier molecular flexibility index (Phi) is 5.65. The van der Waals surface area contributed by atoms with Crippen LogP contribution in [-0.2, 0) is 6.54 Å². The van der Waals surface area contributed by atoms with Crippen LogP contribution in [0, 0.1) is 0 Å². The summed E-state index contributed by atoms with van der Waals surface area (Å²) >= 11 is 3.40. The predicted octanol–water partition coefficient (Wildman–Crippen LogP) is 2.74. The average molecular weight is 273 g/mol. The molecule has 0 amide bonds. The standard InChI is InChI=1S/C11H17BrN2O/c1-3-4-5-15-11-9(7-13-2)6-10(12)8-14-11/h6,8,13H,3-5,7H2,1-2H3. The number of nitrogens with zero attached hydrogens (tertiary/aromatic N) is 1. The Morgan fingerprint density at radius 2 is 2.33 bits per heavy atom. The van der Waals surface area contributed by atoms with Gasteiger partial charge < -0.3 is 10.1 Å². The van der Waals surface area contributed by atoms with Gasteiger partial charge in [0, 0.05) is 22.8 Å². The summed E-state index contributed by atoms with van der Waals surface area (Å²) in [6, 6.07) is 2.03. The summed E-state index contributed by atoms with van der Waals surface area (Å²) in [7, 11) is 1.91. The number of pyridine rings is 1. The molecule has 4 heteroatoms. The lowest BCUT2D eigenvalue weighted by molar-refractivity contribution is 0.294.